The Morgan fingerprint density at radius 3 is 2.75 bits per heavy atom. The van der Waals surface area contributed by atoms with Crippen LogP contribution in [-0.2, 0) is 11.3 Å². The lowest BCUT2D eigenvalue weighted by Crippen LogP contribution is -2.34. The first kappa shape index (κ1) is 13.6. The van der Waals surface area contributed by atoms with Crippen molar-refractivity contribution in [1.82, 2.24) is 10.3 Å². The Morgan fingerprint density at radius 1 is 1.50 bits per heavy atom. The molecular formula is C12H22N2OS. The van der Waals surface area contributed by atoms with E-state index in [1.807, 2.05) is 5.51 Å². The number of ether oxygens (including phenoxy) is 1. The van der Waals surface area contributed by atoms with Crippen molar-refractivity contribution in [2.75, 3.05) is 13.7 Å². The third kappa shape index (κ3) is 4.20. The molecule has 0 spiro atoms. The molecule has 1 rings (SSSR count). The molecule has 1 atom stereocenters. The predicted molar refractivity (Wildman–Crippen MR) is 68.8 cm³/mol. The fourth-order valence-electron chi connectivity index (χ4n) is 1.64. The van der Waals surface area contributed by atoms with E-state index < -0.39 is 0 Å². The van der Waals surface area contributed by atoms with E-state index in [9.17, 15) is 0 Å². The molecule has 0 saturated heterocycles. The molecule has 16 heavy (non-hydrogen) atoms. The highest BCUT2D eigenvalue weighted by Gasteiger charge is 2.13. The maximum atomic E-state index is 5.13. The minimum atomic E-state index is 0.515. The van der Waals surface area contributed by atoms with Crippen molar-refractivity contribution in [1.29, 1.82) is 0 Å². The predicted octanol–water partition coefficient (Wildman–Crippen LogP) is 2.60. The Bertz CT molecular complexity index is 299. The third-order valence-electron chi connectivity index (χ3n) is 2.81. The summed E-state index contributed by atoms with van der Waals surface area (Å²) in [6.07, 6.45) is 1.06. The Morgan fingerprint density at radius 2 is 2.25 bits per heavy atom. The maximum Gasteiger partial charge on any atom is 0.0798 e. The molecule has 1 aromatic rings. The highest BCUT2D eigenvalue weighted by molar-refractivity contribution is 7.09. The van der Waals surface area contributed by atoms with Gasteiger partial charge in [0.05, 0.1) is 11.2 Å². The summed E-state index contributed by atoms with van der Waals surface area (Å²) < 4.78 is 5.13. The van der Waals surface area contributed by atoms with Gasteiger partial charge in [0.2, 0.25) is 0 Å². The molecule has 1 N–H and O–H groups in total. The van der Waals surface area contributed by atoms with Crippen LogP contribution in [-0.4, -0.2) is 24.7 Å². The van der Waals surface area contributed by atoms with Gasteiger partial charge in [-0.1, -0.05) is 13.8 Å². The van der Waals surface area contributed by atoms with Gasteiger partial charge < -0.3 is 10.1 Å². The fraction of sp³-hybridized carbons (Fsp3) is 0.750. The molecule has 1 heterocycles. The van der Waals surface area contributed by atoms with Crippen LogP contribution in [0.15, 0.2) is 5.51 Å². The number of nitrogens with one attached hydrogen (secondary N) is 1. The molecule has 92 valence electrons. The summed E-state index contributed by atoms with van der Waals surface area (Å²) in [5, 5.41) is 3.59. The van der Waals surface area contributed by atoms with Crippen LogP contribution in [0.3, 0.4) is 0 Å². The maximum absolute atomic E-state index is 5.13. The summed E-state index contributed by atoms with van der Waals surface area (Å²) in [5.41, 5.74) is 3.05. The molecule has 3 nitrogen and oxygen atoms in total. The van der Waals surface area contributed by atoms with Crippen molar-refractivity contribution in [2.45, 2.75) is 39.8 Å². The van der Waals surface area contributed by atoms with Crippen LogP contribution in [0.1, 0.15) is 30.8 Å². The summed E-state index contributed by atoms with van der Waals surface area (Å²) in [5.74, 6) is 0.628. The fourth-order valence-corrected chi connectivity index (χ4v) is 2.36. The van der Waals surface area contributed by atoms with Crippen molar-refractivity contribution in [3.05, 3.63) is 16.1 Å². The number of methoxy groups -OCH3 is 1. The summed E-state index contributed by atoms with van der Waals surface area (Å²) >= 11 is 1.72. The van der Waals surface area contributed by atoms with E-state index in [-0.39, 0.29) is 0 Å². The zero-order chi connectivity index (χ0) is 12.0. The molecule has 0 aromatic carbocycles. The van der Waals surface area contributed by atoms with Gasteiger partial charge >= 0.3 is 0 Å². The highest BCUT2D eigenvalue weighted by atomic mass is 32.1. The Labute approximate surface area is 102 Å². The van der Waals surface area contributed by atoms with Crippen LogP contribution < -0.4 is 5.32 Å². The molecule has 0 radical (unpaired) electrons. The van der Waals surface area contributed by atoms with E-state index in [0.717, 1.165) is 25.3 Å². The molecule has 0 fully saturated rings. The van der Waals surface area contributed by atoms with E-state index in [1.165, 1.54) is 4.88 Å². The molecule has 0 bridgehead atoms. The lowest BCUT2D eigenvalue weighted by Gasteiger charge is -2.21. The molecule has 0 aliphatic carbocycles. The third-order valence-corrected chi connectivity index (χ3v) is 3.74. The first-order valence-corrected chi connectivity index (χ1v) is 6.64. The van der Waals surface area contributed by atoms with Gasteiger partial charge in [0.15, 0.2) is 0 Å². The van der Waals surface area contributed by atoms with Gasteiger partial charge in [0.1, 0.15) is 0 Å². The van der Waals surface area contributed by atoms with Gasteiger partial charge in [0.25, 0.3) is 0 Å². The second kappa shape index (κ2) is 6.99. The average molecular weight is 242 g/mol. The van der Waals surface area contributed by atoms with E-state index in [2.05, 4.69) is 31.1 Å². The molecule has 0 amide bonds. The molecule has 1 unspecified atom stereocenters. The molecule has 0 aliphatic rings. The quantitative estimate of drug-likeness (QED) is 0.798. The highest BCUT2D eigenvalue weighted by Crippen LogP contribution is 2.13. The van der Waals surface area contributed by atoms with Gasteiger partial charge in [-0.3, -0.25) is 0 Å². The summed E-state index contributed by atoms with van der Waals surface area (Å²) in [7, 11) is 1.75. The second-order valence-electron chi connectivity index (χ2n) is 4.37. The largest absolute Gasteiger partial charge is 0.385 e. The number of thiazole rings is 1. The molecule has 1 aromatic heterocycles. The summed E-state index contributed by atoms with van der Waals surface area (Å²) in [6.45, 7) is 8.29. The van der Waals surface area contributed by atoms with Crippen molar-refractivity contribution < 1.29 is 4.74 Å². The number of hydrogen-bond donors (Lipinski definition) is 1. The van der Waals surface area contributed by atoms with Crippen LogP contribution >= 0.6 is 11.3 Å². The topological polar surface area (TPSA) is 34.1 Å². The van der Waals surface area contributed by atoms with Gasteiger partial charge in [-0.15, -0.1) is 11.3 Å². The lowest BCUT2D eigenvalue weighted by molar-refractivity contribution is 0.173. The molecule has 4 heteroatoms. The van der Waals surface area contributed by atoms with Gasteiger partial charge in [-0.05, 0) is 19.3 Å². The smallest absolute Gasteiger partial charge is 0.0798 e. The van der Waals surface area contributed by atoms with Crippen LogP contribution in [0.5, 0.6) is 0 Å². The van der Waals surface area contributed by atoms with Gasteiger partial charge in [-0.25, -0.2) is 4.98 Å². The van der Waals surface area contributed by atoms with Crippen molar-refractivity contribution >= 4 is 11.3 Å². The van der Waals surface area contributed by atoms with Crippen LogP contribution in [0, 0.1) is 12.8 Å². The Kier molecular flexibility index (Phi) is 5.95. The minimum Gasteiger partial charge on any atom is -0.385 e. The minimum absolute atomic E-state index is 0.515. The van der Waals surface area contributed by atoms with Gasteiger partial charge in [0, 0.05) is 31.2 Å². The van der Waals surface area contributed by atoms with Crippen molar-refractivity contribution in [2.24, 2.45) is 5.92 Å². The average Bonchev–Trinajstić information content (AvgIpc) is 2.64. The van der Waals surface area contributed by atoms with E-state index in [4.69, 9.17) is 4.74 Å². The molecular weight excluding hydrogens is 220 g/mol. The van der Waals surface area contributed by atoms with Crippen LogP contribution in [0.25, 0.3) is 0 Å². The van der Waals surface area contributed by atoms with Crippen molar-refractivity contribution in [3.63, 3.8) is 0 Å². The van der Waals surface area contributed by atoms with E-state index in [0.29, 0.717) is 12.0 Å². The van der Waals surface area contributed by atoms with E-state index in [1.54, 1.807) is 18.4 Å². The number of nitrogens with zero attached hydrogens (tertiary/aromatic N) is 1. The second-order valence-corrected chi connectivity index (χ2v) is 5.31. The number of rotatable bonds is 7. The van der Waals surface area contributed by atoms with Crippen LogP contribution in [0.4, 0.5) is 0 Å². The Hall–Kier alpha value is -0.450. The SMILES string of the molecule is COCCC(NCc1scnc1C)C(C)C. The van der Waals surface area contributed by atoms with Crippen molar-refractivity contribution in [3.8, 4) is 0 Å². The van der Waals surface area contributed by atoms with Gasteiger partial charge in [-0.2, -0.15) is 0 Å². The monoisotopic (exact) mass is 242 g/mol. The molecule has 0 saturated carbocycles. The number of aromatic nitrogens is 1. The summed E-state index contributed by atoms with van der Waals surface area (Å²) in [4.78, 5) is 5.59. The lowest BCUT2D eigenvalue weighted by atomic mass is 10.0. The number of aryl methyl sites for hydroxylation is 1. The Balaban J connectivity index is 2.40. The summed E-state index contributed by atoms with van der Waals surface area (Å²) in [6, 6.07) is 0.515. The zero-order valence-electron chi connectivity index (χ0n) is 10.6. The first-order valence-electron chi connectivity index (χ1n) is 5.76. The van der Waals surface area contributed by atoms with Crippen LogP contribution in [0.2, 0.25) is 0 Å². The normalized spacial score (nSPS) is 13.3. The standard InChI is InChI=1S/C12H22N2OS/c1-9(2)11(5-6-15-4)13-7-12-10(3)14-8-16-12/h8-9,11,13H,5-7H2,1-4H3. The first-order chi connectivity index (χ1) is 7.65. The zero-order valence-corrected chi connectivity index (χ0v) is 11.4. The molecule has 0 aliphatic heterocycles. The number of hydrogen-bond acceptors (Lipinski definition) is 4. The van der Waals surface area contributed by atoms with E-state index >= 15 is 0 Å².